The first kappa shape index (κ1) is 12.1. The minimum Gasteiger partial charge on any atom is -0.388 e. The van der Waals surface area contributed by atoms with Gasteiger partial charge in [-0.1, -0.05) is 41.9 Å². The van der Waals surface area contributed by atoms with Crippen LogP contribution in [0.15, 0.2) is 29.2 Å². The number of hydrogen-bond donors (Lipinski definition) is 1. The van der Waals surface area contributed by atoms with Crippen molar-refractivity contribution >= 4 is 27.7 Å². The molecular weight excluding hydrogens is 260 g/mol. The van der Waals surface area contributed by atoms with Crippen LogP contribution in [-0.2, 0) is 0 Å². The first-order valence-electron chi connectivity index (χ1n) is 4.64. The Kier molecular flexibility index (Phi) is 4.99. The first-order chi connectivity index (χ1) is 6.63. The van der Waals surface area contributed by atoms with Crippen LogP contribution >= 0.6 is 27.7 Å². The SMILES string of the molecule is CC(C)Sc1ccc(C(O)CBr)cc1. The summed E-state index contributed by atoms with van der Waals surface area (Å²) in [5, 5.41) is 10.7. The fraction of sp³-hybridized carbons (Fsp3) is 0.455. The van der Waals surface area contributed by atoms with Crippen molar-refractivity contribution in [1.29, 1.82) is 0 Å². The molecule has 78 valence electrons. The van der Waals surface area contributed by atoms with Gasteiger partial charge in [-0.25, -0.2) is 0 Å². The second-order valence-electron chi connectivity index (χ2n) is 3.41. The van der Waals surface area contributed by atoms with E-state index in [1.165, 1.54) is 4.90 Å². The molecule has 3 heteroatoms. The number of thioether (sulfide) groups is 1. The molecule has 1 nitrogen and oxygen atoms in total. The van der Waals surface area contributed by atoms with Crippen LogP contribution < -0.4 is 0 Å². The Hall–Kier alpha value is 0.01000. The molecular formula is C11H15BrOS. The first-order valence-corrected chi connectivity index (χ1v) is 6.64. The highest BCUT2D eigenvalue weighted by molar-refractivity contribution is 9.09. The lowest BCUT2D eigenvalue weighted by atomic mass is 10.1. The minimum atomic E-state index is -0.395. The molecule has 0 aliphatic rings. The molecule has 0 aromatic heterocycles. The number of alkyl halides is 1. The van der Waals surface area contributed by atoms with Crippen molar-refractivity contribution in [1.82, 2.24) is 0 Å². The van der Waals surface area contributed by atoms with Crippen molar-refractivity contribution in [3.8, 4) is 0 Å². The molecule has 0 saturated heterocycles. The van der Waals surface area contributed by atoms with Crippen LogP contribution in [0.3, 0.4) is 0 Å². The zero-order chi connectivity index (χ0) is 10.6. The third-order valence-corrected chi connectivity index (χ3v) is 3.41. The Morgan fingerprint density at radius 3 is 2.29 bits per heavy atom. The highest BCUT2D eigenvalue weighted by Crippen LogP contribution is 2.24. The highest BCUT2D eigenvalue weighted by Gasteiger charge is 2.05. The van der Waals surface area contributed by atoms with E-state index < -0.39 is 6.10 Å². The zero-order valence-electron chi connectivity index (χ0n) is 8.40. The normalized spacial score (nSPS) is 13.2. The van der Waals surface area contributed by atoms with E-state index in [0.717, 1.165) is 5.56 Å². The molecule has 1 aromatic rings. The Morgan fingerprint density at radius 2 is 1.86 bits per heavy atom. The third-order valence-electron chi connectivity index (χ3n) is 1.78. The van der Waals surface area contributed by atoms with Crippen molar-refractivity contribution < 1.29 is 5.11 Å². The van der Waals surface area contributed by atoms with Crippen molar-refractivity contribution in [3.63, 3.8) is 0 Å². The summed E-state index contributed by atoms with van der Waals surface area (Å²) in [5.74, 6) is 0. The monoisotopic (exact) mass is 274 g/mol. The summed E-state index contributed by atoms with van der Waals surface area (Å²) >= 11 is 5.09. The summed E-state index contributed by atoms with van der Waals surface area (Å²) in [7, 11) is 0. The Bertz CT molecular complexity index is 271. The molecule has 1 atom stereocenters. The molecule has 1 rings (SSSR count). The molecule has 0 heterocycles. The molecule has 0 aliphatic carbocycles. The zero-order valence-corrected chi connectivity index (χ0v) is 10.8. The molecule has 0 spiro atoms. The molecule has 1 unspecified atom stereocenters. The number of hydrogen-bond acceptors (Lipinski definition) is 2. The average molecular weight is 275 g/mol. The van der Waals surface area contributed by atoms with Gasteiger partial charge in [-0.3, -0.25) is 0 Å². The van der Waals surface area contributed by atoms with E-state index in [0.29, 0.717) is 10.6 Å². The van der Waals surface area contributed by atoms with Crippen LogP contribution in [-0.4, -0.2) is 15.7 Å². The van der Waals surface area contributed by atoms with Gasteiger partial charge in [-0.2, -0.15) is 0 Å². The molecule has 0 aliphatic heterocycles. The maximum absolute atomic E-state index is 9.55. The smallest absolute Gasteiger partial charge is 0.0886 e. The molecule has 1 N–H and O–H groups in total. The van der Waals surface area contributed by atoms with Gasteiger partial charge >= 0.3 is 0 Å². The molecule has 1 aromatic carbocycles. The topological polar surface area (TPSA) is 20.2 Å². The molecule has 0 fully saturated rings. The Balaban J connectivity index is 2.68. The highest BCUT2D eigenvalue weighted by atomic mass is 79.9. The van der Waals surface area contributed by atoms with Gasteiger partial charge in [0.25, 0.3) is 0 Å². The maximum atomic E-state index is 9.55. The van der Waals surface area contributed by atoms with E-state index in [-0.39, 0.29) is 0 Å². The van der Waals surface area contributed by atoms with Gasteiger partial charge in [-0.05, 0) is 17.7 Å². The van der Waals surface area contributed by atoms with Crippen LogP contribution in [0.2, 0.25) is 0 Å². The van der Waals surface area contributed by atoms with Gasteiger partial charge < -0.3 is 5.11 Å². The summed E-state index contributed by atoms with van der Waals surface area (Å²) in [6.07, 6.45) is -0.395. The molecule has 0 saturated carbocycles. The van der Waals surface area contributed by atoms with Crippen LogP contribution in [0.4, 0.5) is 0 Å². The Morgan fingerprint density at radius 1 is 1.29 bits per heavy atom. The van der Waals surface area contributed by atoms with Crippen LogP contribution in [0.25, 0.3) is 0 Å². The number of rotatable bonds is 4. The van der Waals surface area contributed by atoms with Crippen molar-refractivity contribution in [3.05, 3.63) is 29.8 Å². The van der Waals surface area contributed by atoms with E-state index in [1.54, 1.807) is 0 Å². The van der Waals surface area contributed by atoms with Crippen LogP contribution in [0.1, 0.15) is 25.5 Å². The van der Waals surface area contributed by atoms with Crippen LogP contribution in [0, 0.1) is 0 Å². The average Bonchev–Trinajstić information content (AvgIpc) is 2.17. The fourth-order valence-corrected chi connectivity index (χ4v) is 2.34. The van der Waals surface area contributed by atoms with Crippen molar-refractivity contribution in [2.75, 3.05) is 5.33 Å². The predicted octanol–water partition coefficient (Wildman–Crippen LogP) is 3.62. The second-order valence-corrected chi connectivity index (χ2v) is 5.70. The largest absolute Gasteiger partial charge is 0.388 e. The van der Waals surface area contributed by atoms with Gasteiger partial charge in [0.2, 0.25) is 0 Å². The number of aliphatic hydroxyl groups excluding tert-OH is 1. The summed E-state index contributed by atoms with van der Waals surface area (Å²) < 4.78 is 0. The minimum absolute atomic E-state index is 0.395. The third kappa shape index (κ3) is 3.64. The summed E-state index contributed by atoms with van der Waals surface area (Å²) in [6, 6.07) is 8.09. The molecule has 14 heavy (non-hydrogen) atoms. The van der Waals surface area contributed by atoms with E-state index in [2.05, 4.69) is 41.9 Å². The van der Waals surface area contributed by atoms with Crippen molar-refractivity contribution in [2.45, 2.75) is 30.1 Å². The van der Waals surface area contributed by atoms with E-state index >= 15 is 0 Å². The second kappa shape index (κ2) is 5.79. The van der Waals surface area contributed by atoms with Gasteiger partial charge in [0, 0.05) is 15.5 Å². The van der Waals surface area contributed by atoms with Gasteiger partial charge in [0.15, 0.2) is 0 Å². The quantitative estimate of drug-likeness (QED) is 0.669. The van der Waals surface area contributed by atoms with E-state index in [4.69, 9.17) is 0 Å². The fourth-order valence-electron chi connectivity index (χ4n) is 1.13. The number of halogens is 1. The number of benzene rings is 1. The lowest BCUT2D eigenvalue weighted by Gasteiger charge is -2.09. The summed E-state index contributed by atoms with van der Waals surface area (Å²) in [4.78, 5) is 1.26. The Labute approximate surface area is 98.0 Å². The van der Waals surface area contributed by atoms with Gasteiger partial charge in [0.05, 0.1) is 6.10 Å². The van der Waals surface area contributed by atoms with Crippen LogP contribution in [0.5, 0.6) is 0 Å². The van der Waals surface area contributed by atoms with Crippen molar-refractivity contribution in [2.24, 2.45) is 0 Å². The molecule has 0 amide bonds. The summed E-state index contributed by atoms with van der Waals surface area (Å²) in [5.41, 5.74) is 0.968. The standard InChI is InChI=1S/C11H15BrOS/c1-8(2)14-10-5-3-9(4-6-10)11(13)7-12/h3-6,8,11,13H,7H2,1-2H3. The van der Waals surface area contributed by atoms with Gasteiger partial charge in [0.1, 0.15) is 0 Å². The summed E-state index contributed by atoms with van der Waals surface area (Å²) in [6.45, 7) is 4.35. The maximum Gasteiger partial charge on any atom is 0.0886 e. The number of aliphatic hydroxyl groups is 1. The van der Waals surface area contributed by atoms with Gasteiger partial charge in [-0.15, -0.1) is 11.8 Å². The predicted molar refractivity (Wildman–Crippen MR) is 66.2 cm³/mol. The molecule has 0 radical (unpaired) electrons. The lowest BCUT2D eigenvalue weighted by molar-refractivity contribution is 0.205. The molecule has 0 bridgehead atoms. The van der Waals surface area contributed by atoms with E-state index in [1.807, 2.05) is 23.9 Å². The lowest BCUT2D eigenvalue weighted by Crippen LogP contribution is -1.97. The van der Waals surface area contributed by atoms with E-state index in [9.17, 15) is 5.11 Å².